The SMILES string of the molecule is COc1ccc(C[NH+]2CCN(C(=O)c3ccc(Cl)cc3)CC2)cc1. The summed E-state index contributed by atoms with van der Waals surface area (Å²) in [5.74, 6) is 0.974. The highest BCUT2D eigenvalue weighted by atomic mass is 35.5. The van der Waals surface area contributed by atoms with E-state index in [0.29, 0.717) is 10.6 Å². The number of quaternary nitrogens is 1. The molecule has 2 aromatic carbocycles. The zero-order chi connectivity index (χ0) is 16.9. The number of piperazine rings is 1. The lowest BCUT2D eigenvalue weighted by Crippen LogP contribution is -3.13. The molecule has 24 heavy (non-hydrogen) atoms. The number of amides is 1. The third kappa shape index (κ3) is 4.08. The maximum atomic E-state index is 12.5. The average Bonchev–Trinajstić information content (AvgIpc) is 2.63. The van der Waals surface area contributed by atoms with Crippen LogP contribution in [0.1, 0.15) is 15.9 Å². The van der Waals surface area contributed by atoms with Gasteiger partial charge in [-0.05, 0) is 48.5 Å². The molecule has 0 radical (unpaired) electrons. The van der Waals surface area contributed by atoms with Gasteiger partial charge in [-0.2, -0.15) is 0 Å². The van der Waals surface area contributed by atoms with E-state index in [2.05, 4.69) is 12.1 Å². The molecule has 1 fully saturated rings. The predicted octanol–water partition coefficient (Wildman–Crippen LogP) is 1.89. The highest BCUT2D eigenvalue weighted by Gasteiger charge is 2.24. The van der Waals surface area contributed by atoms with Gasteiger partial charge in [0.25, 0.3) is 5.91 Å². The van der Waals surface area contributed by atoms with Gasteiger partial charge in [0.15, 0.2) is 0 Å². The zero-order valence-corrected chi connectivity index (χ0v) is 14.6. The number of methoxy groups -OCH3 is 1. The first-order valence-electron chi connectivity index (χ1n) is 8.17. The second-order valence-corrected chi connectivity index (χ2v) is 6.51. The van der Waals surface area contributed by atoms with Crippen LogP contribution >= 0.6 is 11.6 Å². The Morgan fingerprint density at radius 2 is 1.71 bits per heavy atom. The van der Waals surface area contributed by atoms with E-state index in [0.717, 1.165) is 38.5 Å². The molecule has 1 heterocycles. The van der Waals surface area contributed by atoms with Crippen LogP contribution < -0.4 is 9.64 Å². The Morgan fingerprint density at radius 3 is 2.29 bits per heavy atom. The van der Waals surface area contributed by atoms with Gasteiger partial charge in [-0.15, -0.1) is 0 Å². The second kappa shape index (κ2) is 7.69. The van der Waals surface area contributed by atoms with Crippen LogP contribution in [0, 0.1) is 0 Å². The Kier molecular flexibility index (Phi) is 5.38. The molecule has 0 aromatic heterocycles. The summed E-state index contributed by atoms with van der Waals surface area (Å²) < 4.78 is 5.19. The first-order chi connectivity index (χ1) is 11.7. The molecule has 4 nitrogen and oxygen atoms in total. The van der Waals surface area contributed by atoms with Crippen molar-refractivity contribution in [3.05, 3.63) is 64.7 Å². The summed E-state index contributed by atoms with van der Waals surface area (Å²) in [5, 5.41) is 0.653. The van der Waals surface area contributed by atoms with Crippen LogP contribution in [0.5, 0.6) is 5.75 Å². The molecule has 0 aliphatic carbocycles. The third-order valence-electron chi connectivity index (χ3n) is 4.46. The number of halogens is 1. The van der Waals surface area contributed by atoms with Gasteiger partial charge in [0.2, 0.25) is 0 Å². The lowest BCUT2D eigenvalue weighted by molar-refractivity contribution is -0.917. The number of carbonyl (C=O) groups excluding carboxylic acids is 1. The van der Waals surface area contributed by atoms with Crippen LogP contribution in [0.4, 0.5) is 0 Å². The summed E-state index contributed by atoms with van der Waals surface area (Å²) in [6, 6.07) is 15.3. The molecule has 126 valence electrons. The average molecular weight is 346 g/mol. The van der Waals surface area contributed by atoms with Crippen molar-refractivity contribution in [1.29, 1.82) is 0 Å². The van der Waals surface area contributed by atoms with Gasteiger partial charge in [0.05, 0.1) is 33.3 Å². The number of rotatable bonds is 4. The van der Waals surface area contributed by atoms with Crippen molar-refractivity contribution < 1.29 is 14.4 Å². The van der Waals surface area contributed by atoms with Crippen LogP contribution in [0.15, 0.2) is 48.5 Å². The first-order valence-corrected chi connectivity index (χ1v) is 8.55. The minimum atomic E-state index is 0.0927. The molecular weight excluding hydrogens is 324 g/mol. The molecule has 0 saturated carbocycles. The molecule has 3 rings (SSSR count). The molecule has 1 saturated heterocycles. The predicted molar refractivity (Wildman–Crippen MR) is 94.8 cm³/mol. The summed E-state index contributed by atoms with van der Waals surface area (Å²) in [7, 11) is 1.68. The zero-order valence-electron chi connectivity index (χ0n) is 13.8. The van der Waals surface area contributed by atoms with Crippen molar-refractivity contribution in [3.63, 3.8) is 0 Å². The molecular formula is C19H22ClN2O2+. The Labute approximate surface area is 147 Å². The Hall–Kier alpha value is -2.04. The van der Waals surface area contributed by atoms with Crippen LogP contribution in [-0.4, -0.2) is 44.1 Å². The van der Waals surface area contributed by atoms with E-state index in [1.165, 1.54) is 10.5 Å². The Bertz CT molecular complexity index is 678. The standard InChI is InChI=1S/C19H21ClN2O2/c1-24-18-8-2-15(3-9-18)14-21-10-12-22(13-11-21)19(23)16-4-6-17(20)7-5-16/h2-9H,10-14H2,1H3/p+1. The molecule has 0 bridgehead atoms. The minimum absolute atomic E-state index is 0.0927. The Balaban J connectivity index is 1.53. The van der Waals surface area contributed by atoms with Crippen LogP contribution in [0.25, 0.3) is 0 Å². The van der Waals surface area contributed by atoms with Gasteiger partial charge in [0, 0.05) is 16.1 Å². The summed E-state index contributed by atoms with van der Waals surface area (Å²) in [6.07, 6.45) is 0. The second-order valence-electron chi connectivity index (χ2n) is 6.07. The van der Waals surface area contributed by atoms with Crippen LogP contribution in [-0.2, 0) is 6.54 Å². The molecule has 1 aliphatic rings. The van der Waals surface area contributed by atoms with E-state index in [9.17, 15) is 4.79 Å². The number of carbonyl (C=O) groups is 1. The molecule has 0 spiro atoms. The smallest absolute Gasteiger partial charge is 0.254 e. The highest BCUT2D eigenvalue weighted by molar-refractivity contribution is 6.30. The van der Waals surface area contributed by atoms with E-state index >= 15 is 0 Å². The largest absolute Gasteiger partial charge is 0.497 e. The van der Waals surface area contributed by atoms with Crippen molar-refractivity contribution in [3.8, 4) is 5.75 Å². The maximum absolute atomic E-state index is 12.5. The lowest BCUT2D eigenvalue weighted by Gasteiger charge is -2.32. The first kappa shape index (κ1) is 16.8. The van der Waals surface area contributed by atoms with Gasteiger partial charge < -0.3 is 14.5 Å². The van der Waals surface area contributed by atoms with Gasteiger partial charge in [-0.25, -0.2) is 0 Å². The maximum Gasteiger partial charge on any atom is 0.254 e. The number of hydrogen-bond acceptors (Lipinski definition) is 2. The monoisotopic (exact) mass is 345 g/mol. The van der Waals surface area contributed by atoms with E-state index in [-0.39, 0.29) is 5.91 Å². The summed E-state index contributed by atoms with van der Waals surface area (Å²) in [5.41, 5.74) is 2.00. The molecule has 1 aliphatic heterocycles. The number of benzene rings is 2. The van der Waals surface area contributed by atoms with Crippen LogP contribution in [0.2, 0.25) is 5.02 Å². The fraction of sp³-hybridized carbons (Fsp3) is 0.316. The lowest BCUT2D eigenvalue weighted by atomic mass is 10.1. The number of nitrogens with one attached hydrogen (secondary N) is 1. The van der Waals surface area contributed by atoms with Gasteiger partial charge in [-0.3, -0.25) is 4.79 Å². The normalized spacial score (nSPS) is 15.3. The van der Waals surface area contributed by atoms with Crippen molar-refractivity contribution in [2.45, 2.75) is 6.54 Å². The quantitative estimate of drug-likeness (QED) is 0.918. The number of nitrogens with zero attached hydrogens (tertiary/aromatic N) is 1. The topological polar surface area (TPSA) is 34.0 Å². The third-order valence-corrected chi connectivity index (χ3v) is 4.71. The number of hydrogen-bond donors (Lipinski definition) is 1. The van der Waals surface area contributed by atoms with Crippen molar-refractivity contribution >= 4 is 17.5 Å². The van der Waals surface area contributed by atoms with E-state index in [1.54, 1.807) is 31.4 Å². The van der Waals surface area contributed by atoms with Gasteiger partial charge in [0.1, 0.15) is 12.3 Å². The van der Waals surface area contributed by atoms with Gasteiger partial charge in [-0.1, -0.05) is 11.6 Å². The highest BCUT2D eigenvalue weighted by Crippen LogP contribution is 2.12. The molecule has 0 atom stereocenters. The fourth-order valence-electron chi connectivity index (χ4n) is 3.01. The molecule has 0 unspecified atom stereocenters. The minimum Gasteiger partial charge on any atom is -0.497 e. The van der Waals surface area contributed by atoms with Crippen molar-refractivity contribution in [2.75, 3.05) is 33.3 Å². The van der Waals surface area contributed by atoms with Gasteiger partial charge >= 0.3 is 0 Å². The molecule has 2 aromatic rings. The van der Waals surface area contributed by atoms with Crippen molar-refractivity contribution in [2.24, 2.45) is 0 Å². The number of ether oxygens (including phenoxy) is 1. The summed E-state index contributed by atoms with van der Waals surface area (Å²) >= 11 is 5.88. The van der Waals surface area contributed by atoms with Crippen LogP contribution in [0.3, 0.4) is 0 Å². The summed E-state index contributed by atoms with van der Waals surface area (Å²) in [6.45, 7) is 4.48. The molecule has 1 amide bonds. The molecule has 1 N–H and O–H groups in total. The van der Waals surface area contributed by atoms with E-state index < -0.39 is 0 Å². The fourth-order valence-corrected chi connectivity index (χ4v) is 3.14. The summed E-state index contributed by atoms with van der Waals surface area (Å²) in [4.78, 5) is 15.9. The molecule has 5 heteroatoms. The Morgan fingerprint density at radius 1 is 1.08 bits per heavy atom. The van der Waals surface area contributed by atoms with E-state index in [4.69, 9.17) is 16.3 Å². The van der Waals surface area contributed by atoms with E-state index in [1.807, 2.05) is 17.0 Å². The van der Waals surface area contributed by atoms with Crippen molar-refractivity contribution in [1.82, 2.24) is 4.90 Å².